The number of rotatable bonds is 4. The maximum atomic E-state index is 11.4. The van der Waals surface area contributed by atoms with Crippen molar-refractivity contribution in [3.8, 4) is 0 Å². The summed E-state index contributed by atoms with van der Waals surface area (Å²) >= 11 is 1.68. The molecule has 0 atom stereocenters. The van der Waals surface area contributed by atoms with E-state index in [-0.39, 0.29) is 5.91 Å². The molecule has 0 bridgehead atoms. The first-order valence-corrected chi connectivity index (χ1v) is 6.84. The Labute approximate surface area is 116 Å². The van der Waals surface area contributed by atoms with E-state index in [1.807, 2.05) is 12.1 Å². The molecule has 1 heterocycles. The lowest BCUT2D eigenvalue weighted by Gasteiger charge is -2.04. The molecule has 0 spiro atoms. The summed E-state index contributed by atoms with van der Waals surface area (Å²) in [6, 6.07) is 13.7. The molecule has 0 aliphatic carbocycles. The van der Waals surface area contributed by atoms with Gasteiger partial charge < -0.3 is 0 Å². The van der Waals surface area contributed by atoms with Gasteiger partial charge in [-0.1, -0.05) is 23.8 Å². The largest absolute Gasteiger partial charge is 0.289 e. The standard InChI is InChI=1S/C14H15N3OS/c1-10-5-7-12(8-6-10)19-9-11-3-2-4-13(16-11)14(18)17-15/h2-8H,9,15H2,1H3,(H,17,18). The number of carbonyl (C=O) groups excluding carboxylic acids is 1. The van der Waals surface area contributed by atoms with Crippen molar-refractivity contribution in [2.24, 2.45) is 5.84 Å². The fourth-order valence-electron chi connectivity index (χ4n) is 1.55. The van der Waals surface area contributed by atoms with E-state index in [2.05, 4.69) is 41.6 Å². The number of nitrogens with zero attached hydrogens (tertiary/aromatic N) is 1. The maximum Gasteiger partial charge on any atom is 0.283 e. The Balaban J connectivity index is 2.03. The minimum absolute atomic E-state index is 0.338. The van der Waals surface area contributed by atoms with E-state index in [4.69, 9.17) is 5.84 Å². The summed E-state index contributed by atoms with van der Waals surface area (Å²) in [5.74, 6) is 5.43. The lowest BCUT2D eigenvalue weighted by Crippen LogP contribution is -2.30. The molecule has 1 aromatic carbocycles. The monoisotopic (exact) mass is 273 g/mol. The number of pyridine rings is 1. The van der Waals surface area contributed by atoms with Crippen molar-refractivity contribution in [1.82, 2.24) is 10.4 Å². The van der Waals surface area contributed by atoms with Crippen LogP contribution < -0.4 is 11.3 Å². The van der Waals surface area contributed by atoms with Crippen molar-refractivity contribution in [2.75, 3.05) is 0 Å². The highest BCUT2D eigenvalue weighted by Crippen LogP contribution is 2.22. The Morgan fingerprint density at radius 3 is 2.68 bits per heavy atom. The molecule has 2 aromatic rings. The van der Waals surface area contributed by atoms with Crippen LogP contribution in [0.1, 0.15) is 21.7 Å². The van der Waals surface area contributed by atoms with Crippen molar-refractivity contribution < 1.29 is 4.79 Å². The van der Waals surface area contributed by atoms with E-state index in [9.17, 15) is 4.79 Å². The van der Waals surface area contributed by atoms with E-state index < -0.39 is 0 Å². The Kier molecular flexibility index (Phi) is 4.54. The van der Waals surface area contributed by atoms with Gasteiger partial charge in [-0.05, 0) is 31.2 Å². The molecular formula is C14H15N3OS. The second-order valence-corrected chi connectivity index (χ2v) is 5.14. The Hall–Kier alpha value is -1.85. The van der Waals surface area contributed by atoms with Gasteiger partial charge in [0, 0.05) is 10.6 Å². The smallest absolute Gasteiger partial charge is 0.283 e. The zero-order chi connectivity index (χ0) is 13.7. The highest BCUT2D eigenvalue weighted by atomic mass is 32.2. The number of aryl methyl sites for hydroxylation is 1. The average molecular weight is 273 g/mol. The molecule has 1 amide bonds. The van der Waals surface area contributed by atoms with Gasteiger partial charge >= 0.3 is 0 Å². The molecule has 3 N–H and O–H groups in total. The molecule has 4 nitrogen and oxygen atoms in total. The molecular weight excluding hydrogens is 258 g/mol. The summed E-state index contributed by atoms with van der Waals surface area (Å²) in [7, 11) is 0. The van der Waals surface area contributed by atoms with Crippen LogP contribution in [0.25, 0.3) is 0 Å². The third kappa shape index (κ3) is 3.81. The highest BCUT2D eigenvalue weighted by Gasteiger charge is 2.06. The molecule has 0 radical (unpaired) electrons. The van der Waals surface area contributed by atoms with Gasteiger partial charge in [0.05, 0.1) is 5.69 Å². The van der Waals surface area contributed by atoms with Gasteiger partial charge in [-0.15, -0.1) is 11.8 Å². The van der Waals surface area contributed by atoms with Crippen LogP contribution in [0, 0.1) is 6.92 Å². The van der Waals surface area contributed by atoms with Crippen LogP contribution in [0.3, 0.4) is 0 Å². The fourth-order valence-corrected chi connectivity index (χ4v) is 2.36. The fraction of sp³-hybridized carbons (Fsp3) is 0.143. The van der Waals surface area contributed by atoms with Crippen molar-refractivity contribution in [2.45, 2.75) is 17.6 Å². The quantitative estimate of drug-likeness (QED) is 0.388. The number of hydrogen-bond acceptors (Lipinski definition) is 4. The summed E-state index contributed by atoms with van der Waals surface area (Å²) < 4.78 is 0. The van der Waals surface area contributed by atoms with Gasteiger partial charge in [0.15, 0.2) is 0 Å². The third-order valence-electron chi connectivity index (χ3n) is 2.58. The predicted octanol–water partition coefficient (Wildman–Crippen LogP) is 2.29. The zero-order valence-corrected chi connectivity index (χ0v) is 11.4. The van der Waals surface area contributed by atoms with Gasteiger partial charge in [0.25, 0.3) is 5.91 Å². The first kappa shape index (κ1) is 13.6. The number of nitrogens with one attached hydrogen (secondary N) is 1. The second-order valence-electron chi connectivity index (χ2n) is 4.09. The Morgan fingerprint density at radius 2 is 2.00 bits per heavy atom. The topological polar surface area (TPSA) is 68.0 Å². The van der Waals surface area contributed by atoms with Crippen LogP contribution in [0.5, 0.6) is 0 Å². The van der Waals surface area contributed by atoms with Crippen molar-refractivity contribution in [3.05, 3.63) is 59.4 Å². The number of amides is 1. The maximum absolute atomic E-state index is 11.4. The highest BCUT2D eigenvalue weighted by molar-refractivity contribution is 7.98. The number of nitrogen functional groups attached to an aromatic ring is 1. The van der Waals surface area contributed by atoms with E-state index in [1.54, 1.807) is 17.8 Å². The zero-order valence-electron chi connectivity index (χ0n) is 10.6. The predicted molar refractivity (Wildman–Crippen MR) is 76.6 cm³/mol. The number of hydrazine groups is 1. The minimum Gasteiger partial charge on any atom is -0.289 e. The molecule has 0 aliphatic heterocycles. The van der Waals surface area contributed by atoms with Gasteiger partial charge in [-0.25, -0.2) is 10.8 Å². The Bertz CT molecular complexity index is 569. The van der Waals surface area contributed by atoms with Gasteiger partial charge in [0.2, 0.25) is 0 Å². The number of carbonyl (C=O) groups is 1. The summed E-state index contributed by atoms with van der Waals surface area (Å²) in [5, 5.41) is 0. The molecule has 1 aromatic heterocycles. The average Bonchev–Trinajstić information content (AvgIpc) is 2.46. The first-order chi connectivity index (χ1) is 9.19. The lowest BCUT2D eigenvalue weighted by molar-refractivity contribution is 0.0948. The number of aromatic nitrogens is 1. The SMILES string of the molecule is Cc1ccc(SCc2cccc(C(=O)NN)n2)cc1. The number of benzene rings is 1. The van der Waals surface area contributed by atoms with Crippen LogP contribution in [-0.4, -0.2) is 10.9 Å². The summed E-state index contributed by atoms with van der Waals surface area (Å²) in [5.41, 5.74) is 4.51. The molecule has 0 saturated carbocycles. The summed E-state index contributed by atoms with van der Waals surface area (Å²) in [6.45, 7) is 2.06. The molecule has 2 rings (SSSR count). The molecule has 19 heavy (non-hydrogen) atoms. The summed E-state index contributed by atoms with van der Waals surface area (Å²) in [6.07, 6.45) is 0. The molecule has 0 unspecified atom stereocenters. The van der Waals surface area contributed by atoms with Crippen molar-refractivity contribution in [3.63, 3.8) is 0 Å². The van der Waals surface area contributed by atoms with E-state index in [1.165, 1.54) is 10.5 Å². The minimum atomic E-state index is -0.373. The van der Waals surface area contributed by atoms with Crippen molar-refractivity contribution >= 4 is 17.7 Å². The lowest BCUT2D eigenvalue weighted by atomic mass is 10.2. The second kappa shape index (κ2) is 6.36. The van der Waals surface area contributed by atoms with Gasteiger partial charge in [-0.3, -0.25) is 10.2 Å². The normalized spacial score (nSPS) is 10.2. The van der Waals surface area contributed by atoms with Crippen LogP contribution in [0.15, 0.2) is 47.4 Å². The van der Waals surface area contributed by atoms with Crippen molar-refractivity contribution in [1.29, 1.82) is 0 Å². The van der Waals surface area contributed by atoms with Crippen LogP contribution in [0.2, 0.25) is 0 Å². The molecule has 0 aliphatic rings. The van der Waals surface area contributed by atoms with E-state index in [0.29, 0.717) is 5.69 Å². The number of nitrogens with two attached hydrogens (primary N) is 1. The number of thioether (sulfide) groups is 1. The molecule has 0 saturated heterocycles. The number of hydrogen-bond donors (Lipinski definition) is 2. The van der Waals surface area contributed by atoms with Gasteiger partial charge in [-0.2, -0.15) is 0 Å². The molecule has 98 valence electrons. The molecule has 0 fully saturated rings. The molecule has 5 heteroatoms. The van der Waals surface area contributed by atoms with E-state index in [0.717, 1.165) is 11.4 Å². The van der Waals surface area contributed by atoms with Gasteiger partial charge in [0.1, 0.15) is 5.69 Å². The summed E-state index contributed by atoms with van der Waals surface area (Å²) in [4.78, 5) is 16.8. The first-order valence-electron chi connectivity index (χ1n) is 5.85. The van der Waals surface area contributed by atoms with Crippen LogP contribution in [0.4, 0.5) is 0 Å². The van der Waals surface area contributed by atoms with Crippen LogP contribution in [-0.2, 0) is 5.75 Å². The van der Waals surface area contributed by atoms with Crippen LogP contribution >= 0.6 is 11.8 Å². The third-order valence-corrected chi connectivity index (χ3v) is 3.62. The Morgan fingerprint density at radius 1 is 1.26 bits per heavy atom. The van der Waals surface area contributed by atoms with E-state index >= 15 is 0 Å².